The molecule has 12 heteroatoms. The van der Waals surface area contributed by atoms with E-state index >= 15 is 0 Å². The van der Waals surface area contributed by atoms with Crippen molar-refractivity contribution >= 4 is 33.4 Å². The fourth-order valence-corrected chi connectivity index (χ4v) is 6.50. The summed E-state index contributed by atoms with van der Waals surface area (Å²) in [4.78, 5) is 27.7. The van der Waals surface area contributed by atoms with Crippen molar-refractivity contribution in [2.75, 3.05) is 47.1 Å². The Morgan fingerprint density at radius 3 is 2.19 bits per heavy atom. The first kappa shape index (κ1) is 43.5. The number of thiophene rings is 1. The summed E-state index contributed by atoms with van der Waals surface area (Å²) < 4.78 is 22.8. The third-order valence-electron chi connectivity index (χ3n) is 7.54. The molecule has 0 unspecified atom stereocenters. The molecule has 0 amide bonds. The SMILES string of the molecule is C#C.COC(=O)CCCOc1ccc(-c2sc3ccccc3c2Cc2ccc(OCCN3CCCC3)cc2)cc1C(=O)OC.O.O.O.O. The zero-order valence-electron chi connectivity index (χ0n) is 27.4. The lowest BCUT2D eigenvalue weighted by atomic mass is 9.98. The first-order valence-electron chi connectivity index (χ1n) is 14.8. The van der Waals surface area contributed by atoms with E-state index in [-0.39, 0.29) is 40.9 Å². The minimum absolute atomic E-state index is 0. The topological polar surface area (TPSA) is 200 Å². The largest absolute Gasteiger partial charge is 0.493 e. The molecule has 8 N–H and O–H groups in total. The van der Waals surface area contributed by atoms with Crippen LogP contribution in [0, 0.1) is 12.8 Å². The van der Waals surface area contributed by atoms with Crippen LogP contribution in [0.25, 0.3) is 20.5 Å². The summed E-state index contributed by atoms with van der Waals surface area (Å²) in [5.74, 6) is 0.554. The highest BCUT2D eigenvalue weighted by Crippen LogP contribution is 2.41. The van der Waals surface area contributed by atoms with Crippen LogP contribution < -0.4 is 9.47 Å². The Balaban J connectivity index is 0.00000361. The van der Waals surface area contributed by atoms with Crippen LogP contribution in [-0.2, 0) is 20.7 Å². The third kappa shape index (κ3) is 11.3. The van der Waals surface area contributed by atoms with E-state index in [4.69, 9.17) is 14.2 Å². The Kier molecular flexibility index (Phi) is 20.1. The molecule has 1 aliphatic heterocycles. The van der Waals surface area contributed by atoms with Gasteiger partial charge in [-0.25, -0.2) is 4.79 Å². The highest BCUT2D eigenvalue weighted by Gasteiger charge is 2.20. The molecule has 0 radical (unpaired) electrons. The Morgan fingerprint density at radius 1 is 0.833 bits per heavy atom. The molecule has 1 aliphatic rings. The summed E-state index contributed by atoms with van der Waals surface area (Å²) in [6, 6.07) is 22.4. The van der Waals surface area contributed by atoms with E-state index in [1.54, 1.807) is 11.3 Å². The average molecular weight is 686 g/mol. The Labute approximate surface area is 285 Å². The molecule has 0 aliphatic carbocycles. The van der Waals surface area contributed by atoms with Gasteiger partial charge < -0.3 is 40.9 Å². The van der Waals surface area contributed by atoms with Crippen LogP contribution >= 0.6 is 11.3 Å². The molecule has 48 heavy (non-hydrogen) atoms. The maximum Gasteiger partial charge on any atom is 0.341 e. The first-order chi connectivity index (χ1) is 21.6. The smallest absolute Gasteiger partial charge is 0.341 e. The number of carbonyl (C=O) groups is 2. The third-order valence-corrected chi connectivity index (χ3v) is 8.80. The zero-order valence-corrected chi connectivity index (χ0v) is 28.2. The normalized spacial score (nSPS) is 11.7. The quantitative estimate of drug-likeness (QED) is 0.116. The number of carbonyl (C=O) groups excluding carboxylic acids is 2. The minimum Gasteiger partial charge on any atom is -0.493 e. The number of benzene rings is 3. The zero-order chi connectivity index (χ0) is 31.3. The van der Waals surface area contributed by atoms with Crippen molar-refractivity contribution in [3.8, 4) is 34.8 Å². The van der Waals surface area contributed by atoms with Gasteiger partial charge in [0.15, 0.2) is 0 Å². The lowest BCUT2D eigenvalue weighted by Crippen LogP contribution is -2.25. The number of ether oxygens (including phenoxy) is 4. The molecule has 0 bridgehead atoms. The molecule has 262 valence electrons. The Bertz CT molecular complexity index is 1560. The average Bonchev–Trinajstić information content (AvgIpc) is 3.72. The van der Waals surface area contributed by atoms with Gasteiger partial charge in [0.2, 0.25) is 0 Å². The monoisotopic (exact) mass is 685 g/mol. The standard InChI is InChI=1S/C34H37NO6S.C2H2.4H2O/c1-38-32(36)10-7-20-41-30-16-13-25(23-29(30)34(37)39-2)33-28(27-8-3-4-9-31(27)42-33)22-24-11-14-26(15-12-24)40-21-19-35-17-5-6-18-35;1-2;;;;/h3-4,8-9,11-16,23H,5-7,10,17-22H2,1-2H3;1-2H;4*1H2. The number of hydrogen-bond donors (Lipinski definition) is 0. The number of esters is 2. The van der Waals surface area contributed by atoms with Gasteiger partial charge in [0.05, 0.1) is 20.8 Å². The molecule has 1 saturated heterocycles. The van der Waals surface area contributed by atoms with Gasteiger partial charge in [-0.1, -0.05) is 30.3 Å². The van der Waals surface area contributed by atoms with Gasteiger partial charge >= 0.3 is 11.9 Å². The number of likely N-dealkylation sites (tertiary alicyclic amines) is 1. The number of terminal acetylenes is 1. The van der Waals surface area contributed by atoms with Crippen LogP contribution in [0.15, 0.2) is 66.7 Å². The molecule has 2 heterocycles. The second kappa shape index (κ2) is 22.2. The second-order valence-corrected chi connectivity index (χ2v) is 11.4. The fraction of sp³-hybridized carbons (Fsp3) is 0.333. The van der Waals surface area contributed by atoms with Crippen molar-refractivity contribution in [3.05, 3.63) is 83.4 Å². The highest BCUT2D eigenvalue weighted by atomic mass is 32.1. The van der Waals surface area contributed by atoms with Gasteiger partial charge in [0, 0.05) is 22.5 Å². The molecular weight excluding hydrogens is 638 g/mol. The van der Waals surface area contributed by atoms with E-state index in [1.807, 2.05) is 24.3 Å². The lowest BCUT2D eigenvalue weighted by Gasteiger charge is -2.15. The fourth-order valence-electron chi connectivity index (χ4n) is 5.28. The maximum absolute atomic E-state index is 12.7. The molecular formula is C36H47NO10S. The predicted octanol–water partition coefficient (Wildman–Crippen LogP) is 3.70. The molecule has 4 aromatic rings. The summed E-state index contributed by atoms with van der Waals surface area (Å²) >= 11 is 1.71. The minimum atomic E-state index is -0.470. The predicted molar refractivity (Wildman–Crippen MR) is 190 cm³/mol. The number of nitrogens with zero attached hydrogens (tertiary/aromatic N) is 1. The molecule has 1 aromatic heterocycles. The number of rotatable bonds is 13. The molecule has 1 fully saturated rings. The van der Waals surface area contributed by atoms with Crippen LogP contribution in [0.4, 0.5) is 0 Å². The summed E-state index contributed by atoms with van der Waals surface area (Å²) in [6.07, 6.45) is 12.0. The van der Waals surface area contributed by atoms with E-state index in [2.05, 4.69) is 64.9 Å². The van der Waals surface area contributed by atoms with E-state index in [9.17, 15) is 9.59 Å². The van der Waals surface area contributed by atoms with Crippen LogP contribution in [0.1, 0.15) is 47.2 Å². The van der Waals surface area contributed by atoms with E-state index in [0.29, 0.717) is 24.3 Å². The molecule has 3 aromatic carbocycles. The van der Waals surface area contributed by atoms with Gasteiger partial charge in [0.25, 0.3) is 0 Å². The van der Waals surface area contributed by atoms with Crippen LogP contribution in [0.3, 0.4) is 0 Å². The van der Waals surface area contributed by atoms with Gasteiger partial charge in [-0.05, 0) is 97.2 Å². The maximum atomic E-state index is 12.7. The van der Waals surface area contributed by atoms with Crippen LogP contribution in [0.2, 0.25) is 0 Å². The van der Waals surface area contributed by atoms with Crippen molar-refractivity contribution in [2.24, 2.45) is 0 Å². The van der Waals surface area contributed by atoms with Crippen molar-refractivity contribution in [1.82, 2.24) is 4.90 Å². The highest BCUT2D eigenvalue weighted by molar-refractivity contribution is 7.22. The van der Waals surface area contributed by atoms with Crippen molar-refractivity contribution in [1.29, 1.82) is 0 Å². The van der Waals surface area contributed by atoms with Crippen LogP contribution in [0.5, 0.6) is 11.5 Å². The first-order valence-corrected chi connectivity index (χ1v) is 15.6. The molecule has 0 spiro atoms. The van der Waals surface area contributed by atoms with Crippen molar-refractivity contribution in [2.45, 2.75) is 32.1 Å². The number of methoxy groups -OCH3 is 2. The van der Waals surface area contributed by atoms with Crippen LogP contribution in [-0.4, -0.2) is 85.8 Å². The summed E-state index contributed by atoms with van der Waals surface area (Å²) in [6.45, 7) is 4.30. The van der Waals surface area contributed by atoms with Gasteiger partial charge in [-0.2, -0.15) is 0 Å². The number of hydrogen-bond acceptors (Lipinski definition) is 8. The Morgan fingerprint density at radius 2 is 1.52 bits per heavy atom. The van der Waals surface area contributed by atoms with Gasteiger partial charge in [0.1, 0.15) is 23.7 Å². The lowest BCUT2D eigenvalue weighted by molar-refractivity contribution is -0.140. The summed E-state index contributed by atoms with van der Waals surface area (Å²) in [5.41, 5.74) is 3.67. The van der Waals surface area contributed by atoms with Gasteiger partial charge in [-0.15, -0.1) is 24.2 Å². The van der Waals surface area contributed by atoms with Crippen molar-refractivity contribution < 1.29 is 50.4 Å². The number of fused-ring (bicyclic) bond motifs is 1. The van der Waals surface area contributed by atoms with Crippen molar-refractivity contribution in [3.63, 3.8) is 0 Å². The van der Waals surface area contributed by atoms with E-state index in [1.165, 1.54) is 61.4 Å². The van der Waals surface area contributed by atoms with Gasteiger partial charge in [-0.3, -0.25) is 9.69 Å². The van der Waals surface area contributed by atoms with E-state index < -0.39 is 5.97 Å². The molecule has 11 nitrogen and oxygen atoms in total. The summed E-state index contributed by atoms with van der Waals surface area (Å²) in [5, 5.41) is 1.20. The summed E-state index contributed by atoms with van der Waals surface area (Å²) in [7, 11) is 2.72. The molecule has 0 atom stereocenters. The molecule has 0 saturated carbocycles. The Hall–Kier alpha value is -4.48. The van der Waals surface area contributed by atoms with E-state index in [0.717, 1.165) is 29.2 Å². The molecule has 5 rings (SSSR count). The second-order valence-electron chi connectivity index (χ2n) is 10.4.